The number of nitrogens with one attached hydrogen (secondary N) is 2. The van der Waals surface area contributed by atoms with Gasteiger partial charge in [0.1, 0.15) is 5.69 Å². The topological polar surface area (TPSA) is 97.2 Å². The lowest BCUT2D eigenvalue weighted by Crippen LogP contribution is -2.12. The van der Waals surface area contributed by atoms with E-state index in [0.29, 0.717) is 22.3 Å². The first-order valence-corrected chi connectivity index (χ1v) is 10.8. The average Bonchev–Trinajstić information content (AvgIpc) is 3.52. The van der Waals surface area contributed by atoms with Gasteiger partial charge in [-0.15, -0.1) is 23.1 Å². The van der Waals surface area contributed by atoms with E-state index < -0.39 is 5.97 Å². The van der Waals surface area contributed by atoms with E-state index in [1.165, 1.54) is 24.7 Å². The van der Waals surface area contributed by atoms with Crippen molar-refractivity contribution in [3.05, 3.63) is 77.3 Å². The molecule has 0 spiro atoms. The van der Waals surface area contributed by atoms with Gasteiger partial charge in [0.15, 0.2) is 10.9 Å². The molecular weight excluding hydrogens is 422 g/mol. The minimum atomic E-state index is -0.455. The number of carbonyl (C=O) groups is 2. The van der Waals surface area contributed by atoms with E-state index in [0.717, 1.165) is 16.0 Å². The first-order chi connectivity index (χ1) is 14.6. The molecule has 4 rings (SSSR count). The maximum absolute atomic E-state index is 12.7. The summed E-state index contributed by atoms with van der Waals surface area (Å²) in [6, 6.07) is 13.4. The highest BCUT2D eigenvalue weighted by molar-refractivity contribution is 7.98. The van der Waals surface area contributed by atoms with Crippen molar-refractivity contribution in [1.29, 1.82) is 0 Å². The summed E-state index contributed by atoms with van der Waals surface area (Å²) in [5.74, 6) is 0.0777. The third-order valence-electron chi connectivity index (χ3n) is 4.20. The number of amides is 1. The van der Waals surface area contributed by atoms with Crippen molar-refractivity contribution in [3.63, 3.8) is 0 Å². The molecule has 3 heterocycles. The number of H-pyrrole nitrogens is 1. The smallest absolute Gasteiger partial charge is 0.354 e. The van der Waals surface area contributed by atoms with E-state index in [9.17, 15) is 9.59 Å². The molecule has 0 saturated carbocycles. The zero-order chi connectivity index (χ0) is 20.9. The molecule has 152 valence electrons. The van der Waals surface area contributed by atoms with Crippen LogP contribution < -0.4 is 5.32 Å². The molecule has 0 aliphatic carbocycles. The fourth-order valence-corrected chi connectivity index (χ4v) is 4.33. The standard InChI is InChI=1S/C21H17N3O4S2/c1-27-20(26)16-9-14(10-22-16)17-12-30-21(23-17)24-19(25)18-13(7-8-28-18)11-29-15-5-3-2-4-6-15/h2-10,12,22H,11H2,1H3,(H,23,24,25). The monoisotopic (exact) mass is 439 g/mol. The highest BCUT2D eigenvalue weighted by atomic mass is 32.2. The van der Waals surface area contributed by atoms with Crippen molar-refractivity contribution < 1.29 is 18.7 Å². The maximum Gasteiger partial charge on any atom is 0.354 e. The molecule has 3 aromatic heterocycles. The SMILES string of the molecule is COC(=O)c1cc(-c2csc(NC(=O)c3occc3CSc3ccccc3)n2)c[nH]1. The van der Waals surface area contributed by atoms with Crippen LogP contribution in [0.25, 0.3) is 11.3 Å². The molecular formula is C21H17N3O4S2. The molecule has 7 nitrogen and oxygen atoms in total. The molecule has 0 radical (unpaired) electrons. The second-order valence-corrected chi connectivity index (χ2v) is 8.07. The van der Waals surface area contributed by atoms with Gasteiger partial charge in [0, 0.05) is 33.4 Å². The predicted octanol–water partition coefficient (Wildman–Crippen LogP) is 5.06. The lowest BCUT2D eigenvalue weighted by atomic mass is 10.2. The van der Waals surface area contributed by atoms with Crippen molar-refractivity contribution in [1.82, 2.24) is 9.97 Å². The number of methoxy groups -OCH3 is 1. The molecule has 0 fully saturated rings. The summed E-state index contributed by atoms with van der Waals surface area (Å²) in [6.07, 6.45) is 3.18. The number of hydrogen-bond donors (Lipinski definition) is 2. The summed E-state index contributed by atoms with van der Waals surface area (Å²) < 4.78 is 10.1. The van der Waals surface area contributed by atoms with E-state index in [4.69, 9.17) is 4.42 Å². The number of aromatic nitrogens is 2. The number of carbonyl (C=O) groups excluding carboxylic acids is 2. The minimum absolute atomic E-state index is 0.268. The number of hydrogen-bond acceptors (Lipinski definition) is 7. The number of thioether (sulfide) groups is 1. The zero-order valence-corrected chi connectivity index (χ0v) is 17.5. The molecule has 30 heavy (non-hydrogen) atoms. The van der Waals surface area contributed by atoms with Gasteiger partial charge in [0.2, 0.25) is 0 Å². The molecule has 0 unspecified atom stereocenters. The van der Waals surface area contributed by atoms with Crippen molar-refractivity contribution in [3.8, 4) is 11.3 Å². The molecule has 9 heteroatoms. The highest BCUT2D eigenvalue weighted by Gasteiger charge is 2.18. The Morgan fingerprint density at radius 2 is 2.10 bits per heavy atom. The van der Waals surface area contributed by atoms with Crippen LogP contribution in [0.5, 0.6) is 0 Å². The number of furan rings is 1. The molecule has 4 aromatic rings. The molecule has 0 aliphatic rings. The van der Waals surface area contributed by atoms with Crippen molar-refractivity contribution in [2.24, 2.45) is 0 Å². The van der Waals surface area contributed by atoms with Crippen molar-refractivity contribution in [2.45, 2.75) is 10.6 Å². The van der Waals surface area contributed by atoms with E-state index >= 15 is 0 Å². The lowest BCUT2D eigenvalue weighted by Gasteiger charge is -2.03. The van der Waals surface area contributed by atoms with Gasteiger partial charge in [-0.3, -0.25) is 10.1 Å². The normalized spacial score (nSPS) is 10.7. The van der Waals surface area contributed by atoms with Gasteiger partial charge < -0.3 is 14.1 Å². The highest BCUT2D eigenvalue weighted by Crippen LogP contribution is 2.28. The van der Waals surface area contributed by atoms with Crippen LogP contribution in [0, 0.1) is 0 Å². The third kappa shape index (κ3) is 4.47. The van der Waals surface area contributed by atoms with E-state index in [2.05, 4.69) is 20.0 Å². The first kappa shape index (κ1) is 20.0. The van der Waals surface area contributed by atoms with Crippen molar-refractivity contribution >= 4 is 40.1 Å². The van der Waals surface area contributed by atoms with Crippen LogP contribution >= 0.6 is 23.1 Å². The minimum Gasteiger partial charge on any atom is -0.464 e. The maximum atomic E-state index is 12.7. The summed E-state index contributed by atoms with van der Waals surface area (Å²) in [7, 11) is 1.32. The van der Waals surface area contributed by atoms with E-state index in [1.807, 2.05) is 30.3 Å². The van der Waals surface area contributed by atoms with Gasteiger partial charge >= 0.3 is 5.97 Å². The molecule has 0 atom stereocenters. The van der Waals surface area contributed by atoms with Gasteiger partial charge in [-0.1, -0.05) is 18.2 Å². The van der Waals surface area contributed by atoms with Crippen LogP contribution in [-0.2, 0) is 10.5 Å². The Balaban J connectivity index is 1.42. The van der Waals surface area contributed by atoms with E-state index in [1.54, 1.807) is 35.5 Å². The van der Waals surface area contributed by atoms with Crippen LogP contribution in [0.1, 0.15) is 26.6 Å². The van der Waals surface area contributed by atoms with E-state index in [-0.39, 0.29) is 11.7 Å². The van der Waals surface area contributed by atoms with Gasteiger partial charge in [0.25, 0.3) is 5.91 Å². The van der Waals surface area contributed by atoms with Gasteiger partial charge in [-0.05, 0) is 24.3 Å². The van der Waals surface area contributed by atoms with Gasteiger partial charge in [0.05, 0.1) is 19.1 Å². The predicted molar refractivity (Wildman–Crippen MR) is 116 cm³/mol. The first-order valence-electron chi connectivity index (χ1n) is 8.92. The molecule has 1 amide bonds. The number of rotatable bonds is 7. The summed E-state index contributed by atoms with van der Waals surface area (Å²) in [5.41, 5.74) is 2.51. The number of esters is 1. The number of anilines is 1. The second kappa shape index (κ2) is 9.02. The average molecular weight is 440 g/mol. The Morgan fingerprint density at radius 1 is 1.27 bits per heavy atom. The quantitative estimate of drug-likeness (QED) is 0.308. The Bertz CT molecular complexity index is 1160. The van der Waals surface area contributed by atoms with Gasteiger partial charge in [-0.25, -0.2) is 9.78 Å². The van der Waals surface area contributed by atoms with Crippen LogP contribution in [0.2, 0.25) is 0 Å². The Hall–Kier alpha value is -3.30. The summed E-state index contributed by atoms with van der Waals surface area (Å²) in [5, 5.41) is 5.02. The Morgan fingerprint density at radius 3 is 2.90 bits per heavy atom. The number of thiazole rings is 1. The van der Waals surface area contributed by atoms with Crippen LogP contribution in [0.4, 0.5) is 5.13 Å². The van der Waals surface area contributed by atoms with Crippen LogP contribution in [0.3, 0.4) is 0 Å². The Labute approximate surface area is 180 Å². The second-order valence-electron chi connectivity index (χ2n) is 6.16. The number of nitrogens with zero attached hydrogens (tertiary/aromatic N) is 1. The number of benzene rings is 1. The molecule has 2 N–H and O–H groups in total. The third-order valence-corrected chi connectivity index (χ3v) is 6.02. The summed E-state index contributed by atoms with van der Waals surface area (Å²) in [6.45, 7) is 0. The van der Waals surface area contributed by atoms with Crippen LogP contribution in [-0.4, -0.2) is 29.0 Å². The number of ether oxygens (including phenoxy) is 1. The molecule has 0 bridgehead atoms. The van der Waals surface area contributed by atoms with Crippen molar-refractivity contribution in [2.75, 3.05) is 12.4 Å². The molecule has 0 saturated heterocycles. The molecule has 1 aromatic carbocycles. The fourth-order valence-electron chi connectivity index (χ4n) is 2.71. The largest absolute Gasteiger partial charge is 0.464 e. The van der Waals surface area contributed by atoms with Crippen LogP contribution in [0.15, 0.2) is 69.6 Å². The Kier molecular flexibility index (Phi) is 6.01. The summed E-state index contributed by atoms with van der Waals surface area (Å²) >= 11 is 2.92. The van der Waals surface area contributed by atoms with Gasteiger partial charge in [-0.2, -0.15) is 0 Å². The summed E-state index contributed by atoms with van der Waals surface area (Å²) in [4.78, 5) is 32.6. The molecule has 0 aliphatic heterocycles. The number of aromatic amines is 1. The zero-order valence-electron chi connectivity index (χ0n) is 15.9. The lowest BCUT2D eigenvalue weighted by molar-refractivity contribution is 0.0594. The fraction of sp³-hybridized carbons (Fsp3) is 0.0952.